The summed E-state index contributed by atoms with van der Waals surface area (Å²) in [6, 6.07) is -1.00. The second-order valence-electron chi connectivity index (χ2n) is 6.67. The van der Waals surface area contributed by atoms with Crippen molar-refractivity contribution in [1.82, 2.24) is 0 Å². The van der Waals surface area contributed by atoms with E-state index in [2.05, 4.69) is 6.58 Å². The van der Waals surface area contributed by atoms with E-state index >= 15 is 0 Å². The molecule has 0 radical (unpaired) electrons. The first kappa shape index (κ1) is 20.4. The minimum Gasteiger partial charge on any atom is -0.480 e. The maximum Gasteiger partial charge on any atom is 0.320 e. The third-order valence-corrected chi connectivity index (χ3v) is 4.66. The van der Waals surface area contributed by atoms with Crippen LogP contribution >= 0.6 is 0 Å². The lowest BCUT2D eigenvalue weighted by Gasteiger charge is -2.31. The van der Waals surface area contributed by atoms with Crippen LogP contribution in [0.25, 0.3) is 0 Å². The minimum absolute atomic E-state index is 0.117. The van der Waals surface area contributed by atoms with Crippen molar-refractivity contribution in [2.24, 2.45) is 11.1 Å². The summed E-state index contributed by atoms with van der Waals surface area (Å²) in [5.74, 6) is -0.934. The molecule has 4 heteroatoms. The highest BCUT2D eigenvalue weighted by Crippen LogP contribution is 2.35. The number of nitrogens with two attached hydrogens (primary N) is 1. The summed E-state index contributed by atoms with van der Waals surface area (Å²) in [5, 5.41) is 9.06. The Bertz CT molecular complexity index is 481. The number of carbonyl (C=O) groups is 2. The Hall–Kier alpha value is -1.68. The van der Waals surface area contributed by atoms with E-state index < -0.39 is 17.4 Å². The van der Waals surface area contributed by atoms with E-state index in [1.807, 2.05) is 30.4 Å². The number of hydrogen-bond donors (Lipinski definition) is 2. The van der Waals surface area contributed by atoms with E-state index in [1.54, 1.807) is 0 Å². The van der Waals surface area contributed by atoms with Gasteiger partial charge in [-0.05, 0) is 32.1 Å². The third kappa shape index (κ3) is 6.83. The fourth-order valence-electron chi connectivity index (χ4n) is 3.15. The number of carboxylic acid groups (broad SMARTS) is 1. The van der Waals surface area contributed by atoms with Crippen molar-refractivity contribution in [3.05, 3.63) is 37.0 Å². The van der Waals surface area contributed by atoms with E-state index in [1.165, 1.54) is 19.3 Å². The second kappa shape index (κ2) is 11.0. The zero-order valence-corrected chi connectivity index (χ0v) is 14.6. The van der Waals surface area contributed by atoms with Crippen molar-refractivity contribution in [2.45, 2.75) is 70.3 Å². The standard InChI is InChI=1S/C20H31NO3/c1-2-3-4-5-6-7-8-10-13-18(22)20(14-11-9-12-15-20)16-17(21)19(23)24/h2,9,11-12,14,17H,1,3-8,10,13,15-16,21H2,(H,23,24)/t17-,20?/m0/s1. The lowest BCUT2D eigenvalue weighted by molar-refractivity contribution is -0.139. The Labute approximate surface area is 145 Å². The van der Waals surface area contributed by atoms with Gasteiger partial charge in [0.05, 0.1) is 5.41 Å². The van der Waals surface area contributed by atoms with Gasteiger partial charge in [-0.2, -0.15) is 0 Å². The maximum atomic E-state index is 12.7. The van der Waals surface area contributed by atoms with Crippen LogP contribution in [-0.2, 0) is 9.59 Å². The van der Waals surface area contributed by atoms with Gasteiger partial charge < -0.3 is 10.8 Å². The van der Waals surface area contributed by atoms with Gasteiger partial charge in [-0.1, -0.05) is 56.1 Å². The summed E-state index contributed by atoms with van der Waals surface area (Å²) in [7, 11) is 0. The number of carbonyl (C=O) groups excluding carboxylic acids is 1. The third-order valence-electron chi connectivity index (χ3n) is 4.66. The monoisotopic (exact) mass is 333 g/mol. The van der Waals surface area contributed by atoms with Crippen molar-refractivity contribution < 1.29 is 14.7 Å². The van der Waals surface area contributed by atoms with Crippen molar-refractivity contribution in [3.8, 4) is 0 Å². The highest BCUT2D eigenvalue weighted by atomic mass is 16.4. The van der Waals surface area contributed by atoms with E-state index in [4.69, 9.17) is 10.8 Å². The van der Waals surface area contributed by atoms with Crippen LogP contribution in [0.4, 0.5) is 0 Å². The Balaban J connectivity index is 2.40. The molecular weight excluding hydrogens is 302 g/mol. The zero-order valence-electron chi connectivity index (χ0n) is 14.6. The predicted octanol–water partition coefficient (Wildman–Crippen LogP) is 4.17. The minimum atomic E-state index is -1.05. The quantitative estimate of drug-likeness (QED) is 0.391. The van der Waals surface area contributed by atoms with Gasteiger partial charge in [0.15, 0.2) is 0 Å². The molecule has 0 saturated carbocycles. The Kier molecular flexibility index (Phi) is 9.31. The van der Waals surface area contributed by atoms with Gasteiger partial charge in [-0.3, -0.25) is 9.59 Å². The van der Waals surface area contributed by atoms with Gasteiger partial charge in [0, 0.05) is 6.42 Å². The van der Waals surface area contributed by atoms with Crippen LogP contribution in [0.5, 0.6) is 0 Å². The fourth-order valence-corrected chi connectivity index (χ4v) is 3.15. The molecule has 3 N–H and O–H groups in total. The van der Waals surface area contributed by atoms with Gasteiger partial charge in [0.1, 0.15) is 11.8 Å². The summed E-state index contributed by atoms with van der Waals surface area (Å²) >= 11 is 0. The summed E-state index contributed by atoms with van der Waals surface area (Å²) in [5.41, 5.74) is 4.95. The van der Waals surface area contributed by atoms with Gasteiger partial charge in [0.2, 0.25) is 0 Å². The van der Waals surface area contributed by atoms with Crippen molar-refractivity contribution >= 4 is 11.8 Å². The van der Waals surface area contributed by atoms with Crippen LogP contribution in [0.15, 0.2) is 37.0 Å². The molecule has 0 bridgehead atoms. The second-order valence-corrected chi connectivity index (χ2v) is 6.67. The first-order valence-electron chi connectivity index (χ1n) is 8.99. The first-order valence-corrected chi connectivity index (χ1v) is 8.99. The molecule has 2 atom stereocenters. The molecule has 0 aromatic carbocycles. The first-order chi connectivity index (χ1) is 11.5. The molecule has 4 nitrogen and oxygen atoms in total. The Morgan fingerprint density at radius 2 is 1.83 bits per heavy atom. The number of Topliss-reactive ketones (excluding diaryl/α,β-unsaturated/α-hetero) is 1. The van der Waals surface area contributed by atoms with Crippen LogP contribution in [0.3, 0.4) is 0 Å². The van der Waals surface area contributed by atoms with E-state index in [0.29, 0.717) is 12.8 Å². The molecule has 134 valence electrons. The van der Waals surface area contributed by atoms with Crippen LogP contribution in [0, 0.1) is 5.41 Å². The average Bonchev–Trinajstić information content (AvgIpc) is 2.57. The topological polar surface area (TPSA) is 80.4 Å². The lowest BCUT2D eigenvalue weighted by atomic mass is 9.72. The smallest absolute Gasteiger partial charge is 0.320 e. The van der Waals surface area contributed by atoms with Crippen LogP contribution in [-0.4, -0.2) is 22.9 Å². The normalized spacial score (nSPS) is 20.7. The lowest BCUT2D eigenvalue weighted by Crippen LogP contribution is -2.40. The summed E-state index contributed by atoms with van der Waals surface area (Å²) in [6.45, 7) is 3.72. The van der Waals surface area contributed by atoms with Crippen molar-refractivity contribution in [3.63, 3.8) is 0 Å². The molecule has 1 unspecified atom stereocenters. The predicted molar refractivity (Wildman–Crippen MR) is 97.7 cm³/mol. The molecule has 0 aromatic heterocycles. The molecule has 0 aliphatic heterocycles. The fraction of sp³-hybridized carbons (Fsp3) is 0.600. The summed E-state index contributed by atoms with van der Waals surface area (Å²) in [4.78, 5) is 23.8. The zero-order chi connectivity index (χ0) is 17.8. The molecule has 1 rings (SSSR count). The maximum absolute atomic E-state index is 12.7. The van der Waals surface area contributed by atoms with Crippen molar-refractivity contribution in [1.29, 1.82) is 0 Å². The molecule has 0 amide bonds. The van der Waals surface area contributed by atoms with Crippen LogP contribution < -0.4 is 5.73 Å². The SMILES string of the molecule is C=CCCCCCCCCC(=O)C1(C[C@H](N)C(=O)O)C=CC=CC1. The average molecular weight is 333 g/mol. The largest absolute Gasteiger partial charge is 0.480 e. The van der Waals surface area contributed by atoms with Crippen LogP contribution in [0.2, 0.25) is 0 Å². The number of aliphatic carboxylic acids is 1. The number of unbranched alkanes of at least 4 members (excludes halogenated alkanes) is 6. The van der Waals surface area contributed by atoms with Gasteiger partial charge in [0.25, 0.3) is 0 Å². The van der Waals surface area contributed by atoms with Gasteiger partial charge >= 0.3 is 5.97 Å². The molecule has 0 fully saturated rings. The number of allylic oxidation sites excluding steroid dienone is 5. The molecule has 24 heavy (non-hydrogen) atoms. The molecule has 0 aromatic rings. The molecule has 0 saturated heterocycles. The number of hydrogen-bond acceptors (Lipinski definition) is 3. The van der Waals surface area contributed by atoms with Gasteiger partial charge in [-0.15, -0.1) is 6.58 Å². The summed E-state index contributed by atoms with van der Waals surface area (Å²) < 4.78 is 0. The van der Waals surface area contributed by atoms with Gasteiger partial charge in [-0.25, -0.2) is 0 Å². The number of carboxylic acids is 1. The summed E-state index contributed by atoms with van der Waals surface area (Å²) in [6.07, 6.45) is 18.4. The highest BCUT2D eigenvalue weighted by molar-refractivity contribution is 5.88. The van der Waals surface area contributed by atoms with E-state index in [0.717, 1.165) is 25.7 Å². The highest BCUT2D eigenvalue weighted by Gasteiger charge is 2.37. The Morgan fingerprint density at radius 1 is 1.17 bits per heavy atom. The number of ketones is 1. The van der Waals surface area contributed by atoms with E-state index in [-0.39, 0.29) is 12.2 Å². The molecule has 1 aliphatic carbocycles. The molecule has 1 aliphatic rings. The van der Waals surface area contributed by atoms with E-state index in [9.17, 15) is 9.59 Å². The number of rotatable bonds is 13. The molecule has 0 heterocycles. The molecule has 0 spiro atoms. The van der Waals surface area contributed by atoms with Crippen molar-refractivity contribution in [2.75, 3.05) is 0 Å². The van der Waals surface area contributed by atoms with Crippen LogP contribution in [0.1, 0.15) is 64.2 Å². The Morgan fingerprint density at radius 3 is 2.42 bits per heavy atom. The molecular formula is C20H31NO3.